The van der Waals surface area contributed by atoms with Gasteiger partial charge in [-0.15, -0.1) is 0 Å². The van der Waals surface area contributed by atoms with Crippen LogP contribution in [0.1, 0.15) is 40.4 Å². The van der Waals surface area contributed by atoms with Crippen LogP contribution in [-0.2, 0) is 6.42 Å². The van der Waals surface area contributed by atoms with Crippen molar-refractivity contribution >= 4 is 40.1 Å². The Morgan fingerprint density at radius 3 is 2.50 bits per heavy atom. The van der Waals surface area contributed by atoms with Gasteiger partial charge in [-0.2, -0.15) is 9.78 Å². The van der Waals surface area contributed by atoms with Crippen LogP contribution in [-0.4, -0.2) is 32.8 Å². The van der Waals surface area contributed by atoms with Gasteiger partial charge in [0, 0.05) is 6.04 Å². The van der Waals surface area contributed by atoms with E-state index in [1.165, 1.54) is 10.2 Å². The van der Waals surface area contributed by atoms with E-state index in [4.69, 9.17) is 15.7 Å². The van der Waals surface area contributed by atoms with Crippen molar-refractivity contribution in [3.63, 3.8) is 0 Å². The van der Waals surface area contributed by atoms with Crippen LogP contribution in [0, 0.1) is 6.92 Å². The molecule has 7 nitrogen and oxygen atoms in total. The summed E-state index contributed by atoms with van der Waals surface area (Å²) < 4.78 is 1.50. The first-order chi connectivity index (χ1) is 17.5. The zero-order chi connectivity index (χ0) is 25.1. The summed E-state index contributed by atoms with van der Waals surface area (Å²) in [4.78, 5) is 23.0. The van der Waals surface area contributed by atoms with Gasteiger partial charge >= 0.3 is 0 Å². The highest BCUT2D eigenvalue weighted by Gasteiger charge is 2.25. The van der Waals surface area contributed by atoms with Crippen molar-refractivity contribution in [2.24, 2.45) is 5.10 Å². The molecule has 0 aliphatic rings. The van der Waals surface area contributed by atoms with Crippen molar-refractivity contribution in [3.05, 3.63) is 101 Å². The number of aryl methyl sites for hydroxylation is 2. The highest BCUT2D eigenvalue weighted by Crippen LogP contribution is 2.28. The van der Waals surface area contributed by atoms with Gasteiger partial charge in [0.1, 0.15) is 16.9 Å². The van der Waals surface area contributed by atoms with Crippen molar-refractivity contribution < 1.29 is 4.79 Å². The first kappa shape index (κ1) is 23.2. The standard InChI is InChI=1S/C29H28N6O/c1-19-9-8-12-22(17-19)18-31-35-27(30)25(26-28(35)34-24-14-7-6-13-23(24)33-26)29(36)32-20(2)15-16-21-10-4-3-5-11-21/h3-14,17-18,20H,15-16,30H2,1-2H3,(H,32,36)/b31-18-/t20-/m0/s1. The average Bonchev–Trinajstić information content (AvgIpc) is 3.15. The third-order valence-corrected chi connectivity index (χ3v) is 6.15. The van der Waals surface area contributed by atoms with Crippen LogP contribution in [0.4, 0.5) is 5.82 Å². The molecule has 7 heteroatoms. The number of nitrogen functional groups attached to an aromatic ring is 1. The number of hydrogen-bond acceptors (Lipinski definition) is 5. The number of rotatable bonds is 7. The number of nitrogens with two attached hydrogens (primary N) is 1. The van der Waals surface area contributed by atoms with Gasteiger partial charge in [-0.3, -0.25) is 4.79 Å². The second-order valence-electron chi connectivity index (χ2n) is 9.01. The summed E-state index contributed by atoms with van der Waals surface area (Å²) in [6, 6.07) is 25.7. The van der Waals surface area contributed by atoms with Gasteiger partial charge < -0.3 is 11.1 Å². The molecule has 0 spiro atoms. The maximum atomic E-state index is 13.4. The molecule has 0 saturated carbocycles. The molecule has 0 aliphatic heterocycles. The molecule has 180 valence electrons. The fourth-order valence-electron chi connectivity index (χ4n) is 4.26. The van der Waals surface area contributed by atoms with E-state index in [-0.39, 0.29) is 23.3 Å². The molecule has 3 N–H and O–H groups in total. The minimum atomic E-state index is -0.285. The van der Waals surface area contributed by atoms with E-state index in [0.29, 0.717) is 22.2 Å². The lowest BCUT2D eigenvalue weighted by Crippen LogP contribution is -2.33. The van der Waals surface area contributed by atoms with Gasteiger partial charge in [-0.1, -0.05) is 72.3 Å². The highest BCUT2D eigenvalue weighted by atomic mass is 16.1. The molecule has 5 rings (SSSR count). The minimum Gasteiger partial charge on any atom is -0.383 e. The first-order valence-electron chi connectivity index (χ1n) is 12.0. The molecule has 0 radical (unpaired) electrons. The zero-order valence-corrected chi connectivity index (χ0v) is 20.3. The number of aromatic nitrogens is 3. The first-order valence-corrected chi connectivity index (χ1v) is 12.0. The molecule has 0 unspecified atom stereocenters. The second-order valence-corrected chi connectivity index (χ2v) is 9.01. The Morgan fingerprint density at radius 2 is 1.75 bits per heavy atom. The number of carbonyl (C=O) groups is 1. The van der Waals surface area contributed by atoms with E-state index < -0.39 is 0 Å². The molecular formula is C29H28N6O. The number of nitrogens with zero attached hydrogens (tertiary/aromatic N) is 4. The van der Waals surface area contributed by atoms with Crippen LogP contribution >= 0.6 is 0 Å². The van der Waals surface area contributed by atoms with Gasteiger partial charge in [0.25, 0.3) is 5.91 Å². The third kappa shape index (κ3) is 4.81. The van der Waals surface area contributed by atoms with Gasteiger partial charge in [-0.25, -0.2) is 9.97 Å². The van der Waals surface area contributed by atoms with Crippen LogP contribution in [0.25, 0.3) is 22.2 Å². The van der Waals surface area contributed by atoms with Crippen LogP contribution in [0.5, 0.6) is 0 Å². The van der Waals surface area contributed by atoms with Gasteiger partial charge in [0.15, 0.2) is 5.65 Å². The maximum Gasteiger partial charge on any atom is 0.257 e. The third-order valence-electron chi connectivity index (χ3n) is 6.15. The molecule has 0 bridgehead atoms. The number of anilines is 1. The topological polar surface area (TPSA) is 98.2 Å². The summed E-state index contributed by atoms with van der Waals surface area (Å²) in [6.07, 6.45) is 3.38. The Balaban J connectivity index is 1.50. The van der Waals surface area contributed by atoms with E-state index in [1.54, 1.807) is 6.21 Å². The van der Waals surface area contributed by atoms with E-state index in [2.05, 4.69) is 22.6 Å². The maximum absolute atomic E-state index is 13.4. The lowest BCUT2D eigenvalue weighted by atomic mass is 10.1. The fourth-order valence-corrected chi connectivity index (χ4v) is 4.26. The van der Waals surface area contributed by atoms with Crippen molar-refractivity contribution in [1.82, 2.24) is 20.0 Å². The SMILES string of the molecule is Cc1cccc(/C=N\n2c(N)c(C(=O)N[C@@H](C)CCc3ccccc3)c3nc4ccccc4nc32)c1. The van der Waals surface area contributed by atoms with Crippen molar-refractivity contribution in [3.8, 4) is 0 Å². The molecule has 36 heavy (non-hydrogen) atoms. The number of amides is 1. The monoisotopic (exact) mass is 476 g/mol. The number of hydrogen-bond donors (Lipinski definition) is 2. The Bertz CT molecular complexity index is 1570. The van der Waals surface area contributed by atoms with E-state index in [9.17, 15) is 4.79 Å². The van der Waals surface area contributed by atoms with E-state index >= 15 is 0 Å². The molecule has 2 heterocycles. The number of fused-ring (bicyclic) bond motifs is 2. The molecule has 1 amide bonds. The largest absolute Gasteiger partial charge is 0.383 e. The molecule has 0 fully saturated rings. The summed E-state index contributed by atoms with van der Waals surface area (Å²) in [6.45, 7) is 4.02. The molecule has 3 aromatic carbocycles. The zero-order valence-electron chi connectivity index (χ0n) is 20.3. The van der Waals surface area contributed by atoms with E-state index in [0.717, 1.165) is 24.0 Å². The van der Waals surface area contributed by atoms with Gasteiger partial charge in [-0.05, 0) is 49.9 Å². The Morgan fingerprint density at radius 1 is 1.03 bits per heavy atom. The number of para-hydroxylation sites is 2. The lowest BCUT2D eigenvalue weighted by molar-refractivity contribution is 0.0940. The summed E-state index contributed by atoms with van der Waals surface area (Å²) >= 11 is 0. The predicted molar refractivity (Wildman–Crippen MR) is 145 cm³/mol. The summed E-state index contributed by atoms with van der Waals surface area (Å²) in [5.74, 6) is -0.0795. The molecule has 1 atom stereocenters. The summed E-state index contributed by atoms with van der Waals surface area (Å²) in [5.41, 5.74) is 12.4. The molecular weight excluding hydrogens is 448 g/mol. The van der Waals surface area contributed by atoms with Crippen LogP contribution in [0.2, 0.25) is 0 Å². The number of carbonyl (C=O) groups excluding carboxylic acids is 1. The van der Waals surface area contributed by atoms with E-state index in [1.807, 2.05) is 80.6 Å². The fraction of sp³-hybridized carbons (Fsp3) is 0.172. The smallest absolute Gasteiger partial charge is 0.257 e. The minimum absolute atomic E-state index is 0.0558. The second kappa shape index (κ2) is 10.00. The highest BCUT2D eigenvalue weighted by molar-refractivity contribution is 6.10. The van der Waals surface area contributed by atoms with Crippen LogP contribution < -0.4 is 11.1 Å². The Kier molecular flexibility index (Phi) is 6.45. The Hall–Kier alpha value is -4.52. The lowest BCUT2D eigenvalue weighted by Gasteiger charge is -2.14. The number of nitrogens with one attached hydrogen (secondary N) is 1. The van der Waals surface area contributed by atoms with Gasteiger partial charge in [0.05, 0.1) is 17.2 Å². The normalized spacial score (nSPS) is 12.4. The Labute approximate surface area is 209 Å². The summed E-state index contributed by atoms with van der Waals surface area (Å²) in [7, 11) is 0. The molecule has 2 aromatic heterocycles. The molecule has 0 aliphatic carbocycles. The van der Waals surface area contributed by atoms with Crippen molar-refractivity contribution in [2.45, 2.75) is 32.7 Å². The average molecular weight is 477 g/mol. The van der Waals surface area contributed by atoms with Crippen LogP contribution in [0.15, 0.2) is 84.0 Å². The summed E-state index contributed by atoms with van der Waals surface area (Å²) in [5, 5.41) is 7.68. The van der Waals surface area contributed by atoms with Crippen molar-refractivity contribution in [1.29, 1.82) is 0 Å². The number of benzene rings is 3. The van der Waals surface area contributed by atoms with Crippen molar-refractivity contribution in [2.75, 3.05) is 5.73 Å². The van der Waals surface area contributed by atoms with Gasteiger partial charge in [0.2, 0.25) is 0 Å². The van der Waals surface area contributed by atoms with Crippen LogP contribution in [0.3, 0.4) is 0 Å². The molecule has 5 aromatic rings. The quantitative estimate of drug-likeness (QED) is 0.319. The predicted octanol–water partition coefficient (Wildman–Crippen LogP) is 5.11. The molecule has 0 saturated heterocycles.